The second kappa shape index (κ2) is 4.43. The van der Waals surface area contributed by atoms with Crippen LogP contribution in [0.4, 0.5) is 0 Å². The lowest BCUT2D eigenvalue weighted by Crippen LogP contribution is -2.14. The van der Waals surface area contributed by atoms with E-state index in [1.165, 1.54) is 5.56 Å². The van der Waals surface area contributed by atoms with E-state index in [4.69, 9.17) is 0 Å². The fourth-order valence-corrected chi connectivity index (χ4v) is 3.69. The largest absolute Gasteiger partial charge is 0.301 e. The van der Waals surface area contributed by atoms with Gasteiger partial charge in [0.15, 0.2) is 5.16 Å². The third-order valence-corrected chi connectivity index (χ3v) is 4.75. The molecule has 1 aliphatic rings. The third kappa shape index (κ3) is 2.05. The van der Waals surface area contributed by atoms with Crippen LogP contribution in [-0.2, 0) is 5.75 Å². The van der Waals surface area contributed by atoms with Crippen LogP contribution in [0.15, 0.2) is 47.9 Å². The summed E-state index contributed by atoms with van der Waals surface area (Å²) in [5.41, 5.74) is 4.73. The van der Waals surface area contributed by atoms with Crippen LogP contribution < -0.4 is 5.43 Å². The van der Waals surface area contributed by atoms with Gasteiger partial charge in [-0.15, -0.1) is 11.8 Å². The van der Waals surface area contributed by atoms with E-state index < -0.39 is 0 Å². The Morgan fingerprint density at radius 2 is 2.25 bits per heavy atom. The number of fused-ring (bicyclic) bond motifs is 1. The van der Waals surface area contributed by atoms with Crippen LogP contribution >= 0.6 is 23.5 Å². The lowest BCUT2D eigenvalue weighted by atomic mass is 10.2. The molecule has 0 saturated heterocycles. The molecule has 2 aromatic rings. The smallest absolute Gasteiger partial charge is 0.189 e. The molecule has 2 heterocycles. The predicted molar refractivity (Wildman–Crippen MR) is 69.0 cm³/mol. The van der Waals surface area contributed by atoms with Crippen LogP contribution in [0, 0.1) is 0 Å². The number of imidazole rings is 1. The maximum Gasteiger partial charge on any atom is 0.189 e. The number of hydrogen-bond donors (Lipinski definition) is 1. The highest BCUT2D eigenvalue weighted by Gasteiger charge is 2.21. The first-order chi connectivity index (χ1) is 7.92. The Morgan fingerprint density at radius 3 is 3.06 bits per heavy atom. The zero-order chi connectivity index (χ0) is 10.8. The number of rotatable bonds is 3. The minimum absolute atomic E-state index is 0.365. The summed E-state index contributed by atoms with van der Waals surface area (Å²) < 4.78 is 2.34. The molecule has 1 atom stereocenters. The van der Waals surface area contributed by atoms with Gasteiger partial charge in [-0.05, 0) is 17.3 Å². The van der Waals surface area contributed by atoms with Crippen molar-refractivity contribution in [1.82, 2.24) is 9.66 Å². The zero-order valence-electron chi connectivity index (χ0n) is 8.54. The highest BCUT2D eigenvalue weighted by atomic mass is 32.2. The van der Waals surface area contributed by atoms with Gasteiger partial charge in [-0.2, -0.15) is 0 Å². The van der Waals surface area contributed by atoms with E-state index in [9.17, 15) is 0 Å². The summed E-state index contributed by atoms with van der Waals surface area (Å²) in [5.74, 6) is 1.02. The van der Waals surface area contributed by atoms with Crippen molar-refractivity contribution in [3.63, 3.8) is 0 Å². The quantitative estimate of drug-likeness (QED) is 0.906. The molecule has 5 heteroatoms. The van der Waals surface area contributed by atoms with E-state index in [1.54, 1.807) is 11.8 Å². The normalized spacial score (nSPS) is 18.1. The Kier molecular flexibility index (Phi) is 2.80. The number of benzene rings is 1. The highest BCUT2D eigenvalue weighted by Crippen LogP contribution is 2.35. The average molecular weight is 249 g/mol. The van der Waals surface area contributed by atoms with E-state index in [2.05, 4.69) is 34.7 Å². The molecule has 3 rings (SSSR count). The molecule has 16 heavy (non-hydrogen) atoms. The van der Waals surface area contributed by atoms with E-state index in [-0.39, 0.29) is 0 Å². The number of hydrogen-bond acceptors (Lipinski definition) is 4. The molecule has 0 spiro atoms. The molecule has 1 unspecified atom stereocenters. The topological polar surface area (TPSA) is 29.9 Å². The summed E-state index contributed by atoms with van der Waals surface area (Å²) in [4.78, 5) is 4.25. The lowest BCUT2D eigenvalue weighted by Gasteiger charge is -2.09. The molecular formula is C11H11N3S2. The summed E-state index contributed by atoms with van der Waals surface area (Å²) >= 11 is 3.66. The van der Waals surface area contributed by atoms with Crippen LogP contribution in [0.25, 0.3) is 0 Å². The minimum Gasteiger partial charge on any atom is -0.301 e. The van der Waals surface area contributed by atoms with Gasteiger partial charge in [0.25, 0.3) is 0 Å². The van der Waals surface area contributed by atoms with Gasteiger partial charge in [0.1, 0.15) is 4.71 Å². The molecule has 0 aliphatic carbocycles. The summed E-state index contributed by atoms with van der Waals surface area (Å²) in [7, 11) is 0. The van der Waals surface area contributed by atoms with E-state index in [0.29, 0.717) is 4.71 Å². The molecular weight excluding hydrogens is 238 g/mol. The first-order valence-electron chi connectivity index (χ1n) is 5.04. The minimum atomic E-state index is 0.365. The standard InChI is InChI=1S/C11H11N3S2/c1-2-4-9(5-3-1)8-15-11-13-14-7-6-12-10(14)16-11/h1-7,11,13H,8H2. The molecule has 0 amide bonds. The summed E-state index contributed by atoms with van der Waals surface area (Å²) in [5, 5.41) is 1.05. The Balaban J connectivity index is 1.57. The molecule has 3 nitrogen and oxygen atoms in total. The van der Waals surface area contributed by atoms with Gasteiger partial charge in [0.05, 0.1) is 0 Å². The molecule has 82 valence electrons. The van der Waals surface area contributed by atoms with E-state index in [1.807, 2.05) is 34.9 Å². The van der Waals surface area contributed by atoms with E-state index >= 15 is 0 Å². The monoisotopic (exact) mass is 249 g/mol. The SMILES string of the molecule is c1ccc(CSC2Nn3ccnc3S2)cc1. The number of nitrogens with one attached hydrogen (secondary N) is 1. The van der Waals surface area contributed by atoms with Gasteiger partial charge in [-0.1, -0.05) is 30.3 Å². The Hall–Kier alpha value is -1.07. The molecule has 0 saturated carbocycles. The predicted octanol–water partition coefficient (Wildman–Crippen LogP) is 2.75. The Bertz CT molecular complexity index is 449. The van der Waals surface area contributed by atoms with Crippen LogP contribution in [0.1, 0.15) is 5.56 Å². The van der Waals surface area contributed by atoms with Crippen molar-refractivity contribution >= 4 is 23.5 Å². The first kappa shape index (κ1) is 10.1. The van der Waals surface area contributed by atoms with Crippen LogP contribution in [0.3, 0.4) is 0 Å². The van der Waals surface area contributed by atoms with Crippen LogP contribution in [0.5, 0.6) is 0 Å². The fraction of sp³-hybridized carbons (Fsp3) is 0.182. The van der Waals surface area contributed by atoms with Gasteiger partial charge in [-0.25, -0.2) is 9.66 Å². The highest BCUT2D eigenvalue weighted by molar-refractivity contribution is 8.16. The number of thioether (sulfide) groups is 2. The second-order valence-electron chi connectivity index (χ2n) is 3.46. The van der Waals surface area contributed by atoms with Crippen LogP contribution in [-0.4, -0.2) is 14.4 Å². The van der Waals surface area contributed by atoms with Crippen LogP contribution in [0.2, 0.25) is 0 Å². The molecule has 1 aromatic heterocycles. The molecule has 1 N–H and O–H groups in total. The van der Waals surface area contributed by atoms with Crippen molar-refractivity contribution in [1.29, 1.82) is 0 Å². The number of nitrogens with zero attached hydrogens (tertiary/aromatic N) is 2. The molecule has 1 aliphatic heterocycles. The zero-order valence-corrected chi connectivity index (χ0v) is 10.2. The Labute approximate surface area is 103 Å². The molecule has 0 radical (unpaired) electrons. The van der Waals surface area contributed by atoms with E-state index in [0.717, 1.165) is 10.9 Å². The molecule has 0 fully saturated rings. The number of aromatic nitrogens is 2. The van der Waals surface area contributed by atoms with Gasteiger partial charge < -0.3 is 5.43 Å². The fourth-order valence-electron chi connectivity index (χ4n) is 1.53. The third-order valence-electron chi connectivity index (χ3n) is 2.31. The van der Waals surface area contributed by atoms with Crippen molar-refractivity contribution in [2.75, 3.05) is 5.43 Å². The Morgan fingerprint density at radius 1 is 1.38 bits per heavy atom. The van der Waals surface area contributed by atoms with Crippen molar-refractivity contribution in [2.24, 2.45) is 0 Å². The van der Waals surface area contributed by atoms with Crippen molar-refractivity contribution in [2.45, 2.75) is 15.6 Å². The summed E-state index contributed by atoms with van der Waals surface area (Å²) in [6.45, 7) is 0. The average Bonchev–Trinajstić information content (AvgIpc) is 2.88. The summed E-state index contributed by atoms with van der Waals surface area (Å²) in [6, 6.07) is 10.5. The molecule has 0 bridgehead atoms. The van der Waals surface area contributed by atoms with Gasteiger partial charge in [-0.3, -0.25) is 0 Å². The lowest BCUT2D eigenvalue weighted by molar-refractivity contribution is 0.820. The summed E-state index contributed by atoms with van der Waals surface area (Å²) in [6.07, 6.45) is 3.76. The van der Waals surface area contributed by atoms with Crippen molar-refractivity contribution in [3.8, 4) is 0 Å². The van der Waals surface area contributed by atoms with Gasteiger partial charge in [0.2, 0.25) is 0 Å². The maximum absolute atomic E-state index is 4.25. The van der Waals surface area contributed by atoms with Crippen molar-refractivity contribution in [3.05, 3.63) is 48.3 Å². The second-order valence-corrected chi connectivity index (χ2v) is 5.92. The maximum atomic E-state index is 4.25. The van der Waals surface area contributed by atoms with Gasteiger partial charge >= 0.3 is 0 Å². The van der Waals surface area contributed by atoms with Crippen molar-refractivity contribution < 1.29 is 0 Å². The van der Waals surface area contributed by atoms with Gasteiger partial charge in [0, 0.05) is 18.1 Å². The molecule has 1 aromatic carbocycles. The first-order valence-corrected chi connectivity index (χ1v) is 6.97.